The molecule has 0 aromatic carbocycles. The quantitative estimate of drug-likeness (QED) is 0.762. The van der Waals surface area contributed by atoms with Crippen molar-refractivity contribution in [3.05, 3.63) is 0 Å². The smallest absolute Gasteiger partial charge is 0.290 e. The SMILES string of the molecule is CC(C)(C)O[C@H]1CCN(C(=O)CC#N)CC1(F)F. The fourth-order valence-corrected chi connectivity index (χ4v) is 1.88. The van der Waals surface area contributed by atoms with E-state index in [-0.39, 0.29) is 19.4 Å². The first kappa shape index (κ1) is 14.8. The zero-order chi connectivity index (χ0) is 14.0. The second-order valence-corrected chi connectivity index (χ2v) is 5.42. The monoisotopic (exact) mass is 260 g/mol. The summed E-state index contributed by atoms with van der Waals surface area (Å²) >= 11 is 0. The lowest BCUT2D eigenvalue weighted by Crippen LogP contribution is -2.55. The van der Waals surface area contributed by atoms with E-state index in [1.807, 2.05) is 0 Å². The Balaban J connectivity index is 2.67. The molecule has 0 bridgehead atoms. The predicted octanol–water partition coefficient (Wildman–Crippen LogP) is 1.95. The van der Waals surface area contributed by atoms with E-state index in [9.17, 15) is 13.6 Å². The van der Waals surface area contributed by atoms with E-state index in [4.69, 9.17) is 10.00 Å². The maximum absolute atomic E-state index is 13.8. The van der Waals surface area contributed by atoms with Crippen molar-refractivity contribution in [2.75, 3.05) is 13.1 Å². The number of ether oxygens (including phenoxy) is 1. The normalized spacial score (nSPS) is 23.6. The molecule has 1 heterocycles. The van der Waals surface area contributed by atoms with Crippen molar-refractivity contribution in [3.8, 4) is 6.07 Å². The lowest BCUT2D eigenvalue weighted by molar-refractivity contribution is -0.207. The largest absolute Gasteiger partial charge is 0.366 e. The molecule has 0 aliphatic carbocycles. The molecule has 1 atom stereocenters. The van der Waals surface area contributed by atoms with Gasteiger partial charge in [-0.05, 0) is 27.2 Å². The first-order valence-corrected chi connectivity index (χ1v) is 5.86. The number of likely N-dealkylation sites (tertiary alicyclic amines) is 1. The Hall–Kier alpha value is -1.22. The van der Waals surface area contributed by atoms with Crippen LogP contribution in [0.5, 0.6) is 0 Å². The zero-order valence-electron chi connectivity index (χ0n) is 10.9. The third-order valence-corrected chi connectivity index (χ3v) is 2.61. The molecule has 0 aromatic rings. The summed E-state index contributed by atoms with van der Waals surface area (Å²) in [6, 6.07) is 1.67. The van der Waals surface area contributed by atoms with Crippen LogP contribution in [0, 0.1) is 11.3 Å². The average molecular weight is 260 g/mol. The minimum absolute atomic E-state index is 0.0848. The third-order valence-electron chi connectivity index (χ3n) is 2.61. The minimum atomic E-state index is -3.07. The van der Waals surface area contributed by atoms with Crippen LogP contribution in [0.1, 0.15) is 33.6 Å². The number of halogens is 2. The van der Waals surface area contributed by atoms with Crippen LogP contribution in [0.25, 0.3) is 0 Å². The van der Waals surface area contributed by atoms with Crippen LogP contribution >= 0.6 is 0 Å². The zero-order valence-corrected chi connectivity index (χ0v) is 10.9. The van der Waals surface area contributed by atoms with Gasteiger partial charge in [0.25, 0.3) is 5.92 Å². The van der Waals surface area contributed by atoms with E-state index in [0.717, 1.165) is 4.90 Å². The molecule has 1 fully saturated rings. The molecule has 1 amide bonds. The lowest BCUT2D eigenvalue weighted by Gasteiger charge is -2.40. The lowest BCUT2D eigenvalue weighted by atomic mass is 10.0. The third kappa shape index (κ3) is 3.91. The molecule has 1 rings (SSSR count). The van der Waals surface area contributed by atoms with Gasteiger partial charge in [0.15, 0.2) is 0 Å². The summed E-state index contributed by atoms with van der Waals surface area (Å²) < 4.78 is 33.0. The van der Waals surface area contributed by atoms with Crippen molar-refractivity contribution in [3.63, 3.8) is 0 Å². The van der Waals surface area contributed by atoms with Gasteiger partial charge in [-0.1, -0.05) is 0 Å². The van der Waals surface area contributed by atoms with Gasteiger partial charge in [-0.2, -0.15) is 5.26 Å². The number of nitrogens with zero attached hydrogens (tertiary/aromatic N) is 2. The van der Waals surface area contributed by atoms with Crippen molar-refractivity contribution >= 4 is 5.91 Å². The molecule has 6 heteroatoms. The van der Waals surface area contributed by atoms with Crippen molar-refractivity contribution in [2.24, 2.45) is 0 Å². The molecule has 102 valence electrons. The highest BCUT2D eigenvalue weighted by Crippen LogP contribution is 2.32. The number of piperidine rings is 1. The first-order chi connectivity index (χ1) is 8.15. The molecule has 0 aromatic heterocycles. The number of alkyl halides is 2. The van der Waals surface area contributed by atoms with E-state index in [1.54, 1.807) is 26.8 Å². The van der Waals surface area contributed by atoms with Crippen molar-refractivity contribution in [1.29, 1.82) is 5.26 Å². The topological polar surface area (TPSA) is 53.3 Å². The molecule has 0 radical (unpaired) electrons. The predicted molar refractivity (Wildman–Crippen MR) is 61.0 cm³/mol. The number of carbonyl (C=O) groups is 1. The number of rotatable bonds is 2. The second kappa shape index (κ2) is 5.19. The highest BCUT2D eigenvalue weighted by molar-refractivity contribution is 5.78. The van der Waals surface area contributed by atoms with Gasteiger partial charge in [0.1, 0.15) is 12.5 Å². The molecular weight excluding hydrogens is 242 g/mol. The first-order valence-electron chi connectivity index (χ1n) is 5.86. The number of nitriles is 1. The molecule has 1 saturated heterocycles. The van der Waals surface area contributed by atoms with E-state index in [2.05, 4.69) is 0 Å². The number of hydrogen-bond donors (Lipinski definition) is 0. The van der Waals surface area contributed by atoms with Gasteiger partial charge in [-0.15, -0.1) is 0 Å². The van der Waals surface area contributed by atoms with Crippen LogP contribution < -0.4 is 0 Å². The highest BCUT2D eigenvalue weighted by atomic mass is 19.3. The van der Waals surface area contributed by atoms with Crippen molar-refractivity contribution in [2.45, 2.75) is 51.2 Å². The molecule has 0 spiro atoms. The summed E-state index contributed by atoms with van der Waals surface area (Å²) in [5.74, 6) is -3.62. The second-order valence-electron chi connectivity index (χ2n) is 5.42. The van der Waals surface area contributed by atoms with Gasteiger partial charge in [-0.3, -0.25) is 4.79 Å². The van der Waals surface area contributed by atoms with Gasteiger partial charge in [0.05, 0.1) is 18.2 Å². The average Bonchev–Trinajstić information content (AvgIpc) is 2.19. The summed E-state index contributed by atoms with van der Waals surface area (Å²) in [5, 5.41) is 8.39. The standard InChI is InChI=1S/C12H18F2N2O2/c1-11(2,3)18-9-5-7-16(8-12(9,13)14)10(17)4-6-15/h9H,4-5,7-8H2,1-3H3/t9-/m0/s1. The van der Waals surface area contributed by atoms with Gasteiger partial charge in [0, 0.05) is 6.54 Å². The Labute approximate surface area is 106 Å². The van der Waals surface area contributed by atoms with Crippen LogP contribution in [0.15, 0.2) is 0 Å². The van der Waals surface area contributed by atoms with Crippen LogP contribution in [-0.2, 0) is 9.53 Å². The summed E-state index contributed by atoms with van der Waals surface area (Å²) in [6.07, 6.45) is -1.45. The fraction of sp³-hybridized carbons (Fsp3) is 0.833. The Morgan fingerprint density at radius 1 is 1.56 bits per heavy atom. The summed E-state index contributed by atoms with van der Waals surface area (Å²) in [7, 11) is 0. The molecule has 0 N–H and O–H groups in total. The Morgan fingerprint density at radius 2 is 2.17 bits per heavy atom. The van der Waals surface area contributed by atoms with Crippen LogP contribution in [-0.4, -0.2) is 41.5 Å². The van der Waals surface area contributed by atoms with E-state index in [1.165, 1.54) is 0 Å². The molecule has 18 heavy (non-hydrogen) atoms. The molecular formula is C12H18F2N2O2. The van der Waals surface area contributed by atoms with E-state index < -0.39 is 30.1 Å². The van der Waals surface area contributed by atoms with Gasteiger partial charge < -0.3 is 9.64 Å². The van der Waals surface area contributed by atoms with Crippen molar-refractivity contribution < 1.29 is 18.3 Å². The number of carbonyl (C=O) groups excluding carboxylic acids is 1. The fourth-order valence-electron chi connectivity index (χ4n) is 1.88. The number of hydrogen-bond acceptors (Lipinski definition) is 3. The molecule has 0 saturated carbocycles. The summed E-state index contributed by atoms with van der Waals surface area (Å²) in [5.41, 5.74) is -0.646. The van der Waals surface area contributed by atoms with Gasteiger partial charge in [-0.25, -0.2) is 8.78 Å². The molecule has 4 nitrogen and oxygen atoms in total. The molecule has 0 unspecified atom stereocenters. The van der Waals surface area contributed by atoms with E-state index in [0.29, 0.717) is 0 Å². The van der Waals surface area contributed by atoms with Gasteiger partial charge in [0.2, 0.25) is 5.91 Å². The van der Waals surface area contributed by atoms with Crippen LogP contribution in [0.4, 0.5) is 8.78 Å². The van der Waals surface area contributed by atoms with Crippen LogP contribution in [0.3, 0.4) is 0 Å². The Kier molecular flexibility index (Phi) is 4.28. The Bertz CT molecular complexity index is 358. The highest BCUT2D eigenvalue weighted by Gasteiger charge is 2.47. The van der Waals surface area contributed by atoms with Gasteiger partial charge >= 0.3 is 0 Å². The maximum atomic E-state index is 13.8. The molecule has 1 aliphatic rings. The van der Waals surface area contributed by atoms with Crippen molar-refractivity contribution in [1.82, 2.24) is 4.90 Å². The number of amides is 1. The Morgan fingerprint density at radius 3 is 2.61 bits per heavy atom. The maximum Gasteiger partial charge on any atom is 0.290 e. The minimum Gasteiger partial charge on any atom is -0.366 e. The van der Waals surface area contributed by atoms with Crippen LogP contribution in [0.2, 0.25) is 0 Å². The summed E-state index contributed by atoms with van der Waals surface area (Å²) in [6.45, 7) is 4.69. The van der Waals surface area contributed by atoms with E-state index >= 15 is 0 Å². The molecule has 1 aliphatic heterocycles. The summed E-state index contributed by atoms with van der Waals surface area (Å²) in [4.78, 5) is 12.4.